The number of hydrogen-bond acceptors (Lipinski definition) is 3. The number of nitrogens with zero attached hydrogens (tertiary/aromatic N) is 2. The molecule has 4 heteroatoms. The van der Waals surface area contributed by atoms with Gasteiger partial charge in [0.05, 0.1) is 0 Å². The second-order valence-corrected chi connectivity index (χ2v) is 6.31. The predicted octanol–water partition coefficient (Wildman–Crippen LogP) is 4.63. The number of aromatic nitrogens is 2. The highest BCUT2D eigenvalue weighted by Crippen LogP contribution is 2.28. The Hall–Kier alpha value is -0.830. The Balaban J connectivity index is 2.05. The number of halogens is 1. The molecule has 0 bridgehead atoms. The highest BCUT2D eigenvalue weighted by molar-refractivity contribution is 6.29. The van der Waals surface area contributed by atoms with E-state index in [2.05, 4.69) is 36.1 Å². The standard InChI is InChI=1S/C15H24ClN3/c1-10(2)15-18-13(16)9-14(19-15)17-11(3)12-7-5-4-6-8-12/h9-12H,4-8H2,1-3H3,(H,17,18,19). The molecule has 1 fully saturated rings. The lowest BCUT2D eigenvalue weighted by Crippen LogP contribution is -2.28. The van der Waals surface area contributed by atoms with Gasteiger partial charge in [-0.25, -0.2) is 9.97 Å². The number of rotatable bonds is 4. The van der Waals surface area contributed by atoms with Crippen LogP contribution in [-0.2, 0) is 0 Å². The van der Waals surface area contributed by atoms with Crippen LogP contribution < -0.4 is 5.32 Å². The highest BCUT2D eigenvalue weighted by atomic mass is 35.5. The van der Waals surface area contributed by atoms with E-state index in [0.717, 1.165) is 17.6 Å². The van der Waals surface area contributed by atoms with Crippen LogP contribution in [0.5, 0.6) is 0 Å². The molecule has 1 aliphatic rings. The summed E-state index contributed by atoms with van der Waals surface area (Å²) in [6, 6.07) is 2.28. The first kappa shape index (κ1) is 14.6. The summed E-state index contributed by atoms with van der Waals surface area (Å²) < 4.78 is 0. The third-order valence-electron chi connectivity index (χ3n) is 3.96. The van der Waals surface area contributed by atoms with Gasteiger partial charge in [0.1, 0.15) is 16.8 Å². The molecular weight excluding hydrogens is 258 g/mol. The molecule has 2 rings (SSSR count). The van der Waals surface area contributed by atoms with E-state index in [-0.39, 0.29) is 0 Å². The molecule has 0 spiro atoms. The zero-order valence-electron chi connectivity index (χ0n) is 12.1. The van der Waals surface area contributed by atoms with E-state index in [0.29, 0.717) is 17.1 Å². The van der Waals surface area contributed by atoms with Crippen molar-refractivity contribution in [2.24, 2.45) is 5.92 Å². The van der Waals surface area contributed by atoms with Crippen LogP contribution in [-0.4, -0.2) is 16.0 Å². The Kier molecular flexibility index (Phi) is 5.03. The van der Waals surface area contributed by atoms with Crippen molar-refractivity contribution in [3.63, 3.8) is 0 Å². The zero-order valence-corrected chi connectivity index (χ0v) is 12.9. The molecule has 1 aromatic heterocycles. The third kappa shape index (κ3) is 4.07. The van der Waals surface area contributed by atoms with Gasteiger partial charge in [0, 0.05) is 18.0 Å². The van der Waals surface area contributed by atoms with E-state index in [4.69, 9.17) is 11.6 Å². The van der Waals surface area contributed by atoms with E-state index >= 15 is 0 Å². The van der Waals surface area contributed by atoms with Gasteiger partial charge in [-0.1, -0.05) is 44.7 Å². The maximum absolute atomic E-state index is 6.07. The fourth-order valence-electron chi connectivity index (χ4n) is 2.75. The van der Waals surface area contributed by atoms with Crippen LogP contribution in [0.2, 0.25) is 5.15 Å². The first-order valence-electron chi connectivity index (χ1n) is 7.37. The topological polar surface area (TPSA) is 37.8 Å². The minimum absolute atomic E-state index is 0.296. The van der Waals surface area contributed by atoms with Crippen molar-refractivity contribution in [1.29, 1.82) is 0 Å². The van der Waals surface area contributed by atoms with Crippen molar-refractivity contribution in [3.05, 3.63) is 17.0 Å². The molecule has 1 atom stereocenters. The Bertz CT molecular complexity index is 414. The largest absolute Gasteiger partial charge is 0.367 e. The Morgan fingerprint density at radius 3 is 2.47 bits per heavy atom. The first-order valence-corrected chi connectivity index (χ1v) is 7.75. The predicted molar refractivity (Wildman–Crippen MR) is 80.8 cm³/mol. The SMILES string of the molecule is CC(C)c1nc(Cl)cc(NC(C)C2CCCCC2)n1. The molecule has 0 radical (unpaired) electrons. The summed E-state index contributed by atoms with van der Waals surface area (Å²) in [7, 11) is 0. The molecule has 19 heavy (non-hydrogen) atoms. The van der Waals surface area contributed by atoms with Gasteiger partial charge in [-0.2, -0.15) is 0 Å². The van der Waals surface area contributed by atoms with Crippen molar-refractivity contribution in [3.8, 4) is 0 Å². The molecule has 0 saturated heterocycles. The quantitative estimate of drug-likeness (QED) is 0.818. The van der Waals surface area contributed by atoms with Crippen LogP contribution in [0.4, 0.5) is 5.82 Å². The lowest BCUT2D eigenvalue weighted by molar-refractivity contribution is 0.328. The van der Waals surface area contributed by atoms with Crippen LogP contribution in [0.1, 0.15) is 64.6 Å². The molecule has 1 heterocycles. The molecule has 1 N–H and O–H groups in total. The van der Waals surface area contributed by atoms with Crippen molar-refractivity contribution in [1.82, 2.24) is 9.97 Å². The Morgan fingerprint density at radius 1 is 1.16 bits per heavy atom. The summed E-state index contributed by atoms with van der Waals surface area (Å²) in [6.45, 7) is 6.42. The van der Waals surface area contributed by atoms with Crippen LogP contribution in [0.15, 0.2) is 6.07 Å². The molecule has 0 amide bonds. The lowest BCUT2D eigenvalue weighted by atomic mass is 9.84. The first-order chi connectivity index (χ1) is 9.06. The van der Waals surface area contributed by atoms with Crippen LogP contribution in [0.25, 0.3) is 0 Å². The third-order valence-corrected chi connectivity index (χ3v) is 4.15. The van der Waals surface area contributed by atoms with E-state index < -0.39 is 0 Å². The summed E-state index contributed by atoms with van der Waals surface area (Å²) in [5.41, 5.74) is 0. The van der Waals surface area contributed by atoms with Gasteiger partial charge >= 0.3 is 0 Å². The fourth-order valence-corrected chi connectivity index (χ4v) is 2.94. The Morgan fingerprint density at radius 2 is 1.84 bits per heavy atom. The Labute approximate surface area is 121 Å². The van der Waals surface area contributed by atoms with Crippen molar-refractivity contribution in [2.45, 2.75) is 64.8 Å². The molecule has 3 nitrogen and oxygen atoms in total. The molecule has 0 aromatic carbocycles. The molecular formula is C15H24ClN3. The minimum Gasteiger partial charge on any atom is -0.367 e. The fraction of sp³-hybridized carbons (Fsp3) is 0.733. The molecule has 106 valence electrons. The average Bonchev–Trinajstić information content (AvgIpc) is 2.39. The lowest BCUT2D eigenvalue weighted by Gasteiger charge is -2.28. The summed E-state index contributed by atoms with van der Waals surface area (Å²) in [4.78, 5) is 8.83. The highest BCUT2D eigenvalue weighted by Gasteiger charge is 2.20. The van der Waals surface area contributed by atoms with Gasteiger partial charge in [-0.05, 0) is 25.7 Å². The van der Waals surface area contributed by atoms with E-state index in [1.165, 1.54) is 32.1 Å². The van der Waals surface area contributed by atoms with Gasteiger partial charge in [-0.15, -0.1) is 0 Å². The van der Waals surface area contributed by atoms with E-state index in [9.17, 15) is 0 Å². The normalized spacial score (nSPS) is 18.6. The van der Waals surface area contributed by atoms with Crippen LogP contribution >= 0.6 is 11.6 Å². The second-order valence-electron chi connectivity index (χ2n) is 5.92. The number of nitrogens with one attached hydrogen (secondary N) is 1. The molecule has 1 unspecified atom stereocenters. The van der Waals surface area contributed by atoms with Crippen molar-refractivity contribution >= 4 is 17.4 Å². The summed E-state index contributed by atoms with van der Waals surface area (Å²) in [5, 5.41) is 4.04. The van der Waals surface area contributed by atoms with Gasteiger partial charge in [0.15, 0.2) is 0 Å². The van der Waals surface area contributed by atoms with E-state index in [1.54, 1.807) is 0 Å². The van der Waals surface area contributed by atoms with Crippen LogP contribution in [0.3, 0.4) is 0 Å². The number of hydrogen-bond donors (Lipinski definition) is 1. The van der Waals surface area contributed by atoms with Gasteiger partial charge in [0.25, 0.3) is 0 Å². The van der Waals surface area contributed by atoms with Gasteiger partial charge in [-0.3, -0.25) is 0 Å². The zero-order chi connectivity index (χ0) is 13.8. The maximum Gasteiger partial charge on any atom is 0.135 e. The van der Waals surface area contributed by atoms with Gasteiger partial charge < -0.3 is 5.32 Å². The summed E-state index contributed by atoms with van der Waals surface area (Å²) >= 11 is 6.07. The minimum atomic E-state index is 0.296. The molecule has 1 aliphatic carbocycles. The molecule has 1 aromatic rings. The smallest absolute Gasteiger partial charge is 0.135 e. The average molecular weight is 282 g/mol. The van der Waals surface area contributed by atoms with Crippen molar-refractivity contribution < 1.29 is 0 Å². The van der Waals surface area contributed by atoms with Crippen molar-refractivity contribution in [2.75, 3.05) is 5.32 Å². The summed E-state index contributed by atoms with van der Waals surface area (Å²) in [5.74, 6) is 2.72. The van der Waals surface area contributed by atoms with E-state index in [1.807, 2.05) is 6.07 Å². The maximum atomic E-state index is 6.07. The van der Waals surface area contributed by atoms with Crippen LogP contribution in [0, 0.1) is 5.92 Å². The monoisotopic (exact) mass is 281 g/mol. The van der Waals surface area contributed by atoms with Gasteiger partial charge in [0.2, 0.25) is 0 Å². The number of anilines is 1. The second kappa shape index (κ2) is 6.56. The molecule has 1 saturated carbocycles. The molecule has 0 aliphatic heterocycles. The summed E-state index contributed by atoms with van der Waals surface area (Å²) in [6.07, 6.45) is 6.75.